The van der Waals surface area contributed by atoms with Crippen molar-refractivity contribution in [3.63, 3.8) is 0 Å². The number of para-hydroxylation sites is 1. The molecule has 152 valence electrons. The van der Waals surface area contributed by atoms with Gasteiger partial charge in [-0.25, -0.2) is 4.98 Å². The molecule has 1 heterocycles. The lowest BCUT2D eigenvalue weighted by Crippen LogP contribution is -2.37. The fourth-order valence-corrected chi connectivity index (χ4v) is 3.24. The van der Waals surface area contributed by atoms with Crippen LogP contribution in [0.5, 0.6) is 5.75 Å². The van der Waals surface area contributed by atoms with Crippen molar-refractivity contribution in [1.82, 2.24) is 14.5 Å². The Kier molecular flexibility index (Phi) is 6.54. The Labute approximate surface area is 174 Å². The minimum atomic E-state index is -0.389. The van der Waals surface area contributed by atoms with E-state index in [0.29, 0.717) is 34.0 Å². The summed E-state index contributed by atoms with van der Waals surface area (Å²) in [6.45, 7) is 4.29. The number of likely N-dealkylation sites (N-methyl/N-ethyl adjacent to an activating group) is 1. The lowest BCUT2D eigenvalue weighted by atomic mass is 10.2. The summed E-state index contributed by atoms with van der Waals surface area (Å²) in [4.78, 5) is 31.9. The third-order valence-corrected chi connectivity index (χ3v) is 5.11. The molecular weight excluding hydrogens is 390 g/mol. The van der Waals surface area contributed by atoms with Crippen LogP contribution in [-0.2, 0) is 11.3 Å². The third kappa shape index (κ3) is 4.59. The molecule has 0 spiro atoms. The Morgan fingerprint density at radius 1 is 1.21 bits per heavy atom. The van der Waals surface area contributed by atoms with E-state index in [1.54, 1.807) is 46.8 Å². The minimum Gasteiger partial charge on any atom is -0.484 e. The van der Waals surface area contributed by atoms with Crippen molar-refractivity contribution in [3.8, 4) is 5.75 Å². The summed E-state index contributed by atoms with van der Waals surface area (Å²) in [5.74, 6) is 0.923. The van der Waals surface area contributed by atoms with E-state index < -0.39 is 0 Å². The van der Waals surface area contributed by atoms with Gasteiger partial charge in [-0.1, -0.05) is 30.7 Å². The van der Waals surface area contributed by atoms with Crippen molar-refractivity contribution in [2.75, 3.05) is 13.7 Å². The zero-order valence-corrected chi connectivity index (χ0v) is 17.5. The van der Waals surface area contributed by atoms with E-state index in [0.717, 1.165) is 6.42 Å². The van der Waals surface area contributed by atoms with E-state index in [4.69, 9.17) is 21.3 Å². The average molecular weight is 414 g/mol. The van der Waals surface area contributed by atoms with Crippen LogP contribution in [0.1, 0.15) is 32.1 Å². The SMILES string of the molecule is CCCn1c(C(C)N(C)C(=O)COc2ccc(Cl)cc2)nc2ccccc2c1=O. The van der Waals surface area contributed by atoms with Crippen molar-refractivity contribution >= 4 is 28.4 Å². The van der Waals surface area contributed by atoms with Gasteiger partial charge in [0.05, 0.1) is 16.9 Å². The number of benzene rings is 2. The number of rotatable bonds is 7. The van der Waals surface area contributed by atoms with E-state index >= 15 is 0 Å². The molecule has 0 aliphatic heterocycles. The Hall–Kier alpha value is -2.86. The molecule has 29 heavy (non-hydrogen) atoms. The van der Waals surface area contributed by atoms with Gasteiger partial charge in [0.25, 0.3) is 11.5 Å². The Balaban J connectivity index is 1.84. The number of carbonyl (C=O) groups excluding carboxylic acids is 1. The maximum atomic E-state index is 13.0. The second-order valence-corrected chi connectivity index (χ2v) is 7.30. The zero-order chi connectivity index (χ0) is 21.0. The highest BCUT2D eigenvalue weighted by atomic mass is 35.5. The number of carbonyl (C=O) groups is 1. The van der Waals surface area contributed by atoms with E-state index in [2.05, 4.69) is 0 Å². The largest absolute Gasteiger partial charge is 0.484 e. The second-order valence-electron chi connectivity index (χ2n) is 6.87. The fourth-order valence-electron chi connectivity index (χ4n) is 3.11. The van der Waals surface area contributed by atoms with Crippen LogP contribution in [0.3, 0.4) is 0 Å². The van der Waals surface area contributed by atoms with Gasteiger partial charge in [0, 0.05) is 18.6 Å². The van der Waals surface area contributed by atoms with Crippen LogP contribution in [-0.4, -0.2) is 34.0 Å². The fraction of sp³-hybridized carbons (Fsp3) is 0.318. The highest BCUT2D eigenvalue weighted by molar-refractivity contribution is 6.30. The Morgan fingerprint density at radius 3 is 2.59 bits per heavy atom. The number of hydrogen-bond donors (Lipinski definition) is 0. The van der Waals surface area contributed by atoms with Crippen molar-refractivity contribution in [2.24, 2.45) is 0 Å². The van der Waals surface area contributed by atoms with Gasteiger partial charge in [0.15, 0.2) is 6.61 Å². The smallest absolute Gasteiger partial charge is 0.261 e. The predicted molar refractivity (Wildman–Crippen MR) is 114 cm³/mol. The third-order valence-electron chi connectivity index (χ3n) is 4.86. The maximum absolute atomic E-state index is 13.0. The molecule has 7 heteroatoms. The van der Waals surface area contributed by atoms with Gasteiger partial charge in [-0.05, 0) is 49.7 Å². The van der Waals surface area contributed by atoms with E-state index in [1.807, 2.05) is 32.0 Å². The van der Waals surface area contributed by atoms with Crippen LogP contribution < -0.4 is 10.3 Å². The normalized spacial score (nSPS) is 12.0. The summed E-state index contributed by atoms with van der Waals surface area (Å²) in [7, 11) is 1.69. The van der Waals surface area contributed by atoms with Crippen LogP contribution in [0.4, 0.5) is 0 Å². The number of nitrogens with zero attached hydrogens (tertiary/aromatic N) is 3. The molecule has 1 unspecified atom stereocenters. The van der Waals surface area contributed by atoms with Crippen molar-refractivity contribution in [1.29, 1.82) is 0 Å². The monoisotopic (exact) mass is 413 g/mol. The second kappa shape index (κ2) is 9.09. The van der Waals surface area contributed by atoms with Crippen LogP contribution in [0.25, 0.3) is 10.9 Å². The topological polar surface area (TPSA) is 64.4 Å². The van der Waals surface area contributed by atoms with Crippen molar-refractivity contribution in [3.05, 3.63) is 69.7 Å². The first-order valence-corrected chi connectivity index (χ1v) is 9.93. The molecule has 0 bridgehead atoms. The van der Waals surface area contributed by atoms with Crippen molar-refractivity contribution in [2.45, 2.75) is 32.9 Å². The quantitative estimate of drug-likeness (QED) is 0.586. The lowest BCUT2D eigenvalue weighted by Gasteiger charge is -2.27. The van der Waals surface area contributed by atoms with E-state index in [9.17, 15) is 9.59 Å². The molecule has 0 N–H and O–H groups in total. The summed E-state index contributed by atoms with van der Waals surface area (Å²) in [5, 5.41) is 1.18. The lowest BCUT2D eigenvalue weighted by molar-refractivity contribution is -0.134. The average Bonchev–Trinajstić information content (AvgIpc) is 2.74. The molecule has 0 saturated carbocycles. The molecule has 0 radical (unpaired) electrons. The molecule has 1 amide bonds. The van der Waals surface area contributed by atoms with E-state index in [-0.39, 0.29) is 24.1 Å². The van der Waals surface area contributed by atoms with Crippen molar-refractivity contribution < 1.29 is 9.53 Å². The molecule has 0 aliphatic carbocycles. The number of amides is 1. The molecule has 2 aromatic carbocycles. The van der Waals surface area contributed by atoms with Gasteiger partial charge >= 0.3 is 0 Å². The molecule has 1 aromatic heterocycles. The van der Waals surface area contributed by atoms with Gasteiger partial charge in [-0.2, -0.15) is 0 Å². The summed E-state index contributed by atoms with van der Waals surface area (Å²) < 4.78 is 7.23. The molecule has 3 aromatic rings. The molecule has 1 atom stereocenters. The van der Waals surface area contributed by atoms with E-state index in [1.165, 1.54) is 0 Å². The van der Waals surface area contributed by atoms with Gasteiger partial charge in [0.1, 0.15) is 11.6 Å². The number of halogens is 1. The molecular formula is C22H24ClN3O3. The zero-order valence-electron chi connectivity index (χ0n) is 16.8. The van der Waals surface area contributed by atoms with Gasteiger partial charge < -0.3 is 9.64 Å². The molecule has 3 rings (SSSR count). The van der Waals surface area contributed by atoms with Crippen LogP contribution in [0.2, 0.25) is 5.02 Å². The maximum Gasteiger partial charge on any atom is 0.261 e. The summed E-state index contributed by atoms with van der Waals surface area (Å²) >= 11 is 5.86. The molecule has 6 nitrogen and oxygen atoms in total. The number of aromatic nitrogens is 2. The first-order valence-electron chi connectivity index (χ1n) is 9.56. The van der Waals surface area contributed by atoms with Gasteiger partial charge in [0.2, 0.25) is 0 Å². The Morgan fingerprint density at radius 2 is 1.90 bits per heavy atom. The number of ether oxygens (including phenoxy) is 1. The number of hydrogen-bond acceptors (Lipinski definition) is 4. The van der Waals surface area contributed by atoms with Crippen LogP contribution >= 0.6 is 11.6 Å². The van der Waals surface area contributed by atoms with Gasteiger partial charge in [-0.15, -0.1) is 0 Å². The summed E-state index contributed by atoms with van der Waals surface area (Å²) in [6.07, 6.45) is 0.789. The molecule has 0 fully saturated rings. The highest BCUT2D eigenvalue weighted by Gasteiger charge is 2.23. The first-order chi connectivity index (χ1) is 13.9. The highest BCUT2D eigenvalue weighted by Crippen LogP contribution is 2.20. The number of fused-ring (bicyclic) bond motifs is 1. The standard InChI is InChI=1S/C22H24ClN3O3/c1-4-13-26-21(24-19-8-6-5-7-18(19)22(26)28)15(2)25(3)20(27)14-29-17-11-9-16(23)10-12-17/h5-12,15H,4,13-14H2,1-3H3. The molecule has 0 saturated heterocycles. The van der Waals surface area contributed by atoms with Gasteiger partial charge in [-0.3, -0.25) is 14.2 Å². The first kappa shape index (κ1) is 20.9. The summed E-state index contributed by atoms with van der Waals surface area (Å²) in [6, 6.07) is 13.7. The van der Waals surface area contributed by atoms with Crippen LogP contribution in [0.15, 0.2) is 53.3 Å². The molecule has 0 aliphatic rings. The minimum absolute atomic E-state index is 0.0856. The van der Waals surface area contributed by atoms with Crippen LogP contribution in [0, 0.1) is 0 Å². The summed E-state index contributed by atoms with van der Waals surface area (Å²) in [5.41, 5.74) is 0.544. The Bertz CT molecular complexity index is 1060. The predicted octanol–water partition coefficient (Wildman–Crippen LogP) is 4.06.